The van der Waals surface area contributed by atoms with E-state index in [0.717, 1.165) is 10.0 Å². The maximum Gasteiger partial charge on any atom is 0.273 e. The number of rotatable bonds is 5. The van der Waals surface area contributed by atoms with Crippen LogP contribution in [0.4, 0.5) is 5.69 Å². The summed E-state index contributed by atoms with van der Waals surface area (Å²) < 4.78 is 0.838. The van der Waals surface area contributed by atoms with Gasteiger partial charge in [-0.3, -0.25) is 10.1 Å². The van der Waals surface area contributed by atoms with Crippen molar-refractivity contribution >= 4 is 21.6 Å². The zero-order valence-electron chi connectivity index (χ0n) is 9.00. The minimum atomic E-state index is -0.371. The van der Waals surface area contributed by atoms with E-state index < -0.39 is 0 Å². The highest BCUT2D eigenvalue weighted by Crippen LogP contribution is 2.22. The van der Waals surface area contributed by atoms with Crippen molar-refractivity contribution in [2.45, 2.75) is 13.5 Å². The van der Waals surface area contributed by atoms with Crippen molar-refractivity contribution in [2.24, 2.45) is 0 Å². The van der Waals surface area contributed by atoms with Crippen molar-refractivity contribution in [2.75, 3.05) is 6.54 Å². The second kappa shape index (κ2) is 5.77. The molecule has 0 saturated heterocycles. The van der Waals surface area contributed by atoms with Gasteiger partial charge in [-0.1, -0.05) is 28.1 Å². The van der Waals surface area contributed by atoms with E-state index >= 15 is 0 Å². The number of hydrogen-bond donors (Lipinski definition) is 1. The van der Waals surface area contributed by atoms with Gasteiger partial charge in [0.2, 0.25) is 0 Å². The van der Waals surface area contributed by atoms with Crippen LogP contribution >= 0.6 is 15.9 Å². The molecule has 0 aliphatic heterocycles. The van der Waals surface area contributed by atoms with Crippen LogP contribution in [0.15, 0.2) is 34.8 Å². The third-order valence-corrected chi connectivity index (χ3v) is 2.47. The summed E-state index contributed by atoms with van der Waals surface area (Å²) in [6.07, 6.45) is 0. The van der Waals surface area contributed by atoms with E-state index in [1.807, 2.05) is 6.92 Å². The number of halogens is 1. The molecule has 16 heavy (non-hydrogen) atoms. The van der Waals surface area contributed by atoms with E-state index in [1.165, 1.54) is 6.07 Å². The molecule has 1 rings (SSSR count). The summed E-state index contributed by atoms with van der Waals surface area (Å²) in [5.41, 5.74) is 1.80. The molecule has 1 N–H and O–H groups in total. The molecule has 0 spiro atoms. The van der Waals surface area contributed by atoms with Crippen LogP contribution < -0.4 is 5.32 Å². The van der Waals surface area contributed by atoms with Gasteiger partial charge >= 0.3 is 0 Å². The molecule has 0 fully saturated rings. The minimum absolute atomic E-state index is 0.136. The predicted octanol–water partition coefficient (Wildman–Crippen LogP) is 3.02. The Labute approximate surface area is 103 Å². The van der Waals surface area contributed by atoms with Crippen molar-refractivity contribution < 1.29 is 4.92 Å². The van der Waals surface area contributed by atoms with Crippen LogP contribution in [-0.4, -0.2) is 11.5 Å². The summed E-state index contributed by atoms with van der Waals surface area (Å²) >= 11 is 3.30. The lowest BCUT2D eigenvalue weighted by molar-refractivity contribution is -0.385. The van der Waals surface area contributed by atoms with Crippen molar-refractivity contribution in [1.82, 2.24) is 5.32 Å². The van der Waals surface area contributed by atoms with Gasteiger partial charge in [0.25, 0.3) is 5.69 Å². The van der Waals surface area contributed by atoms with E-state index in [0.29, 0.717) is 18.7 Å². The highest BCUT2D eigenvalue weighted by atomic mass is 79.9. The fraction of sp³-hybridized carbons (Fsp3) is 0.273. The van der Waals surface area contributed by atoms with Crippen LogP contribution in [0.5, 0.6) is 0 Å². The summed E-state index contributed by atoms with van der Waals surface area (Å²) in [6.45, 7) is 6.78. The third-order valence-electron chi connectivity index (χ3n) is 1.98. The summed E-state index contributed by atoms with van der Waals surface area (Å²) in [5, 5.41) is 13.9. The molecule has 1 aromatic carbocycles. The van der Waals surface area contributed by atoms with Crippen LogP contribution in [-0.2, 0) is 6.54 Å². The Hall–Kier alpha value is -1.20. The second-order valence-electron chi connectivity index (χ2n) is 3.59. The third kappa shape index (κ3) is 3.75. The van der Waals surface area contributed by atoms with Crippen LogP contribution in [0.3, 0.4) is 0 Å². The Morgan fingerprint density at radius 3 is 2.88 bits per heavy atom. The molecule has 0 amide bonds. The average molecular weight is 285 g/mol. The van der Waals surface area contributed by atoms with E-state index in [1.54, 1.807) is 12.1 Å². The number of benzene rings is 1. The van der Waals surface area contributed by atoms with Crippen LogP contribution in [0, 0.1) is 10.1 Å². The normalized spacial score (nSPS) is 10.1. The highest BCUT2D eigenvalue weighted by molar-refractivity contribution is 9.10. The Bertz CT molecular complexity index is 418. The number of nitrogens with one attached hydrogen (secondary N) is 1. The fourth-order valence-corrected chi connectivity index (χ4v) is 1.69. The number of hydrogen-bond acceptors (Lipinski definition) is 3. The molecule has 1 aromatic rings. The SMILES string of the molecule is C=C(C)CNCc1cc(Br)ccc1[N+](=O)[O-]. The van der Waals surface area contributed by atoms with Crippen LogP contribution in [0.1, 0.15) is 12.5 Å². The number of nitrogens with zero attached hydrogens (tertiary/aromatic N) is 1. The van der Waals surface area contributed by atoms with Crippen LogP contribution in [0.2, 0.25) is 0 Å². The van der Waals surface area contributed by atoms with E-state index in [9.17, 15) is 10.1 Å². The Morgan fingerprint density at radius 1 is 1.62 bits per heavy atom. The Kier molecular flexibility index (Phi) is 4.64. The Balaban J connectivity index is 2.80. The standard InChI is InChI=1S/C11H13BrN2O2/c1-8(2)6-13-7-9-5-10(12)3-4-11(9)14(15)16/h3-5,13H,1,6-7H2,2H3. The van der Waals surface area contributed by atoms with Gasteiger partial charge in [-0.2, -0.15) is 0 Å². The first-order valence-electron chi connectivity index (χ1n) is 4.78. The topological polar surface area (TPSA) is 55.2 Å². The molecule has 0 aromatic heterocycles. The zero-order valence-corrected chi connectivity index (χ0v) is 10.6. The van der Waals surface area contributed by atoms with E-state index in [2.05, 4.69) is 27.8 Å². The van der Waals surface area contributed by atoms with Gasteiger partial charge in [-0.05, 0) is 19.1 Å². The molecule has 0 atom stereocenters. The molecule has 0 unspecified atom stereocenters. The van der Waals surface area contributed by atoms with Gasteiger partial charge in [0.15, 0.2) is 0 Å². The first-order valence-corrected chi connectivity index (χ1v) is 5.58. The zero-order chi connectivity index (χ0) is 12.1. The van der Waals surface area contributed by atoms with Gasteiger partial charge < -0.3 is 5.32 Å². The van der Waals surface area contributed by atoms with Crippen molar-refractivity contribution in [3.63, 3.8) is 0 Å². The molecule has 4 nitrogen and oxygen atoms in total. The summed E-state index contributed by atoms with van der Waals surface area (Å²) in [7, 11) is 0. The lowest BCUT2D eigenvalue weighted by atomic mass is 10.2. The Morgan fingerprint density at radius 2 is 2.31 bits per heavy atom. The summed E-state index contributed by atoms with van der Waals surface area (Å²) in [4.78, 5) is 10.4. The molecular weight excluding hydrogens is 272 g/mol. The van der Waals surface area contributed by atoms with E-state index in [4.69, 9.17) is 0 Å². The molecule has 0 heterocycles. The monoisotopic (exact) mass is 284 g/mol. The lowest BCUT2D eigenvalue weighted by Crippen LogP contribution is -2.16. The maximum absolute atomic E-state index is 10.8. The smallest absolute Gasteiger partial charge is 0.273 e. The minimum Gasteiger partial charge on any atom is -0.309 e. The first-order chi connectivity index (χ1) is 7.50. The molecule has 0 bridgehead atoms. The van der Waals surface area contributed by atoms with Gasteiger partial charge in [0.05, 0.1) is 4.92 Å². The second-order valence-corrected chi connectivity index (χ2v) is 4.51. The first kappa shape index (κ1) is 12.9. The van der Waals surface area contributed by atoms with Crippen molar-refractivity contribution in [3.05, 3.63) is 50.5 Å². The van der Waals surface area contributed by atoms with Gasteiger partial charge in [0.1, 0.15) is 0 Å². The predicted molar refractivity (Wildman–Crippen MR) is 67.3 cm³/mol. The maximum atomic E-state index is 10.8. The van der Waals surface area contributed by atoms with Gasteiger partial charge in [-0.25, -0.2) is 0 Å². The van der Waals surface area contributed by atoms with Crippen LogP contribution in [0.25, 0.3) is 0 Å². The molecular formula is C11H13BrN2O2. The molecule has 0 aliphatic rings. The van der Waals surface area contributed by atoms with Gasteiger partial charge in [-0.15, -0.1) is 0 Å². The molecule has 0 radical (unpaired) electrons. The average Bonchev–Trinajstić information content (AvgIpc) is 2.16. The highest BCUT2D eigenvalue weighted by Gasteiger charge is 2.12. The number of nitro benzene ring substituents is 1. The van der Waals surface area contributed by atoms with Gasteiger partial charge in [0, 0.05) is 29.2 Å². The molecule has 0 aliphatic carbocycles. The molecule has 0 saturated carbocycles. The largest absolute Gasteiger partial charge is 0.309 e. The lowest BCUT2D eigenvalue weighted by Gasteiger charge is -2.05. The summed E-state index contributed by atoms with van der Waals surface area (Å²) in [5.74, 6) is 0. The molecule has 5 heteroatoms. The number of nitro groups is 1. The fourth-order valence-electron chi connectivity index (χ4n) is 1.28. The summed E-state index contributed by atoms with van der Waals surface area (Å²) in [6, 6.07) is 4.92. The van der Waals surface area contributed by atoms with Crippen molar-refractivity contribution in [1.29, 1.82) is 0 Å². The van der Waals surface area contributed by atoms with Crippen molar-refractivity contribution in [3.8, 4) is 0 Å². The molecule has 86 valence electrons. The quantitative estimate of drug-likeness (QED) is 0.514. The van der Waals surface area contributed by atoms with E-state index in [-0.39, 0.29) is 10.6 Å².